The van der Waals surface area contributed by atoms with Crippen LogP contribution in [0.25, 0.3) is 10.7 Å². The molecule has 0 aliphatic heterocycles. The van der Waals surface area contributed by atoms with Crippen molar-refractivity contribution in [3.8, 4) is 10.7 Å². The maximum absolute atomic E-state index is 13.2. The summed E-state index contributed by atoms with van der Waals surface area (Å²) in [5.41, 5.74) is 5.65. The highest BCUT2D eigenvalue weighted by molar-refractivity contribution is 7.99. The van der Waals surface area contributed by atoms with E-state index in [4.69, 9.17) is 17.3 Å². The van der Waals surface area contributed by atoms with Crippen molar-refractivity contribution in [3.05, 3.63) is 46.6 Å². The lowest BCUT2D eigenvalue weighted by Crippen LogP contribution is -2.16. The molecule has 1 aromatic carbocycles. The van der Waals surface area contributed by atoms with Crippen LogP contribution in [-0.4, -0.2) is 32.3 Å². The van der Waals surface area contributed by atoms with Crippen molar-refractivity contribution in [3.63, 3.8) is 0 Å². The van der Waals surface area contributed by atoms with E-state index < -0.39 is 11.7 Å². The first-order valence-electron chi connectivity index (χ1n) is 8.07. The number of thiophene rings is 1. The van der Waals surface area contributed by atoms with Crippen molar-refractivity contribution in [1.82, 2.24) is 14.8 Å². The highest BCUT2D eigenvalue weighted by Crippen LogP contribution is 2.27. The predicted molar refractivity (Wildman–Crippen MR) is 108 cm³/mol. The van der Waals surface area contributed by atoms with Gasteiger partial charge in [0.1, 0.15) is 5.82 Å². The van der Waals surface area contributed by atoms with Crippen molar-refractivity contribution >= 4 is 52.2 Å². The molecule has 0 saturated heterocycles. The molecule has 3 aromatic rings. The van der Waals surface area contributed by atoms with Crippen LogP contribution in [0.4, 0.5) is 10.1 Å². The molecule has 2 heterocycles. The molecule has 0 fully saturated rings. The van der Waals surface area contributed by atoms with Gasteiger partial charge in [0, 0.05) is 18.7 Å². The molecule has 0 bridgehead atoms. The van der Waals surface area contributed by atoms with Crippen molar-refractivity contribution in [1.29, 1.82) is 0 Å². The van der Waals surface area contributed by atoms with Crippen LogP contribution in [0.1, 0.15) is 6.42 Å². The molecule has 28 heavy (non-hydrogen) atoms. The maximum atomic E-state index is 13.2. The molecule has 2 amide bonds. The molecule has 0 unspecified atom stereocenters. The van der Waals surface area contributed by atoms with Gasteiger partial charge in [-0.3, -0.25) is 9.59 Å². The van der Waals surface area contributed by atoms with E-state index in [1.54, 1.807) is 4.57 Å². The van der Waals surface area contributed by atoms with Crippen LogP contribution in [0.5, 0.6) is 0 Å². The largest absolute Gasteiger partial charge is 0.370 e. The summed E-state index contributed by atoms with van der Waals surface area (Å²) in [5.74, 6) is -0.640. The highest BCUT2D eigenvalue weighted by Gasteiger charge is 2.17. The molecule has 0 saturated carbocycles. The topological polar surface area (TPSA) is 103 Å². The van der Waals surface area contributed by atoms with Crippen LogP contribution in [0.15, 0.2) is 40.9 Å². The Hall–Kier alpha value is -2.43. The van der Waals surface area contributed by atoms with Crippen LogP contribution in [0.3, 0.4) is 0 Å². The first-order valence-corrected chi connectivity index (χ1v) is 10.3. The fourth-order valence-corrected chi connectivity index (χ4v) is 3.97. The monoisotopic (exact) mass is 439 g/mol. The van der Waals surface area contributed by atoms with Crippen molar-refractivity contribution in [2.45, 2.75) is 18.1 Å². The SMILES string of the molecule is NC(=O)CCn1c(SCC(=O)Nc2ccc(F)c(Cl)c2)nnc1-c1cccs1. The fraction of sp³-hybridized carbons (Fsp3) is 0.176. The van der Waals surface area contributed by atoms with E-state index in [2.05, 4.69) is 15.5 Å². The summed E-state index contributed by atoms with van der Waals surface area (Å²) in [4.78, 5) is 24.3. The molecule has 0 spiro atoms. The minimum Gasteiger partial charge on any atom is -0.370 e. The zero-order valence-electron chi connectivity index (χ0n) is 14.4. The number of rotatable bonds is 8. The minimum atomic E-state index is -0.558. The van der Waals surface area contributed by atoms with E-state index in [-0.39, 0.29) is 23.1 Å². The Kier molecular flexibility index (Phi) is 6.65. The van der Waals surface area contributed by atoms with Gasteiger partial charge >= 0.3 is 0 Å². The van der Waals surface area contributed by atoms with E-state index in [0.29, 0.717) is 23.2 Å². The number of aromatic nitrogens is 3. The van der Waals surface area contributed by atoms with Gasteiger partial charge in [0.25, 0.3) is 0 Å². The standard InChI is InChI=1S/C17H15ClFN5O2S2/c18-11-8-10(3-4-12(11)19)21-15(26)9-28-17-23-22-16(13-2-1-7-27-13)24(17)6-5-14(20)25/h1-4,7-8H,5-6,9H2,(H2,20,25)(H,21,26). The Morgan fingerprint density at radius 2 is 2.14 bits per heavy atom. The molecule has 3 N–H and O–H groups in total. The molecule has 146 valence electrons. The molecule has 0 aliphatic carbocycles. The Bertz CT molecular complexity index is 994. The zero-order valence-corrected chi connectivity index (χ0v) is 16.8. The number of benzene rings is 1. The van der Waals surface area contributed by atoms with Gasteiger partial charge in [-0.25, -0.2) is 4.39 Å². The van der Waals surface area contributed by atoms with E-state index in [9.17, 15) is 14.0 Å². The van der Waals surface area contributed by atoms with Crippen LogP contribution in [-0.2, 0) is 16.1 Å². The second-order valence-corrected chi connectivity index (χ2v) is 7.91. The normalized spacial score (nSPS) is 10.8. The number of primary amides is 1. The van der Waals surface area contributed by atoms with Crippen LogP contribution < -0.4 is 11.1 Å². The fourth-order valence-electron chi connectivity index (χ4n) is 2.31. The third-order valence-corrected chi connectivity index (χ3v) is 5.70. The molecular formula is C17H15ClFN5O2S2. The summed E-state index contributed by atoms with van der Waals surface area (Å²) in [6, 6.07) is 7.73. The summed E-state index contributed by atoms with van der Waals surface area (Å²) in [6.45, 7) is 0.313. The van der Waals surface area contributed by atoms with Crippen molar-refractivity contribution in [2.24, 2.45) is 5.73 Å². The van der Waals surface area contributed by atoms with Gasteiger partial charge in [-0.15, -0.1) is 21.5 Å². The lowest BCUT2D eigenvalue weighted by molar-refractivity contribution is -0.118. The molecule has 11 heteroatoms. The average Bonchev–Trinajstić information content (AvgIpc) is 3.30. The van der Waals surface area contributed by atoms with Crippen LogP contribution in [0, 0.1) is 5.82 Å². The van der Waals surface area contributed by atoms with E-state index in [0.717, 1.165) is 4.88 Å². The summed E-state index contributed by atoms with van der Waals surface area (Å²) in [6.07, 6.45) is 0.129. The van der Waals surface area contributed by atoms with E-state index >= 15 is 0 Å². The molecule has 7 nitrogen and oxygen atoms in total. The number of carbonyl (C=O) groups excluding carboxylic acids is 2. The molecule has 0 radical (unpaired) electrons. The number of nitrogens with zero attached hydrogens (tertiary/aromatic N) is 3. The number of hydrogen-bond donors (Lipinski definition) is 2. The highest BCUT2D eigenvalue weighted by atomic mass is 35.5. The van der Waals surface area contributed by atoms with E-state index in [1.807, 2.05) is 17.5 Å². The summed E-state index contributed by atoms with van der Waals surface area (Å²) in [5, 5.41) is 13.3. The number of hydrogen-bond acceptors (Lipinski definition) is 6. The molecule has 0 aliphatic rings. The molecule has 0 atom stereocenters. The summed E-state index contributed by atoms with van der Waals surface area (Å²) < 4.78 is 15.0. The number of halogens is 2. The Balaban J connectivity index is 1.69. The first kappa shape index (κ1) is 20.3. The first-order chi connectivity index (χ1) is 13.4. The lowest BCUT2D eigenvalue weighted by atomic mass is 10.3. The average molecular weight is 440 g/mol. The number of nitrogens with one attached hydrogen (secondary N) is 1. The summed E-state index contributed by atoms with van der Waals surface area (Å²) in [7, 11) is 0. The van der Waals surface area contributed by atoms with Crippen LogP contribution in [0.2, 0.25) is 5.02 Å². The lowest BCUT2D eigenvalue weighted by Gasteiger charge is -2.09. The van der Waals surface area contributed by atoms with Gasteiger partial charge in [-0.2, -0.15) is 0 Å². The molecule has 3 rings (SSSR count). The smallest absolute Gasteiger partial charge is 0.234 e. The second kappa shape index (κ2) is 9.18. The predicted octanol–water partition coefficient (Wildman–Crippen LogP) is 3.41. The van der Waals surface area contributed by atoms with Crippen molar-refractivity contribution < 1.29 is 14.0 Å². The Morgan fingerprint density at radius 1 is 1.32 bits per heavy atom. The maximum Gasteiger partial charge on any atom is 0.234 e. The number of anilines is 1. The van der Waals surface area contributed by atoms with E-state index in [1.165, 1.54) is 41.3 Å². The van der Waals surface area contributed by atoms with Gasteiger partial charge in [-0.05, 0) is 29.6 Å². The number of nitrogens with two attached hydrogens (primary N) is 1. The van der Waals surface area contributed by atoms with Crippen LogP contribution >= 0.6 is 34.7 Å². The molecule has 2 aromatic heterocycles. The third kappa shape index (κ3) is 5.09. The zero-order chi connectivity index (χ0) is 20.1. The van der Waals surface area contributed by atoms with Gasteiger partial charge in [0.2, 0.25) is 11.8 Å². The molecular weight excluding hydrogens is 425 g/mol. The Morgan fingerprint density at radius 3 is 2.82 bits per heavy atom. The number of carbonyl (C=O) groups is 2. The Labute approximate surface area is 173 Å². The number of thioether (sulfide) groups is 1. The third-order valence-electron chi connectivity index (χ3n) is 3.58. The number of amides is 2. The van der Waals surface area contributed by atoms with Gasteiger partial charge in [-0.1, -0.05) is 29.4 Å². The van der Waals surface area contributed by atoms with Crippen molar-refractivity contribution in [2.75, 3.05) is 11.1 Å². The summed E-state index contributed by atoms with van der Waals surface area (Å²) >= 11 is 8.38. The van der Waals surface area contributed by atoms with Gasteiger partial charge in [0.15, 0.2) is 11.0 Å². The quantitative estimate of drug-likeness (QED) is 0.523. The van der Waals surface area contributed by atoms with Gasteiger partial charge in [0.05, 0.1) is 15.7 Å². The second-order valence-electron chi connectivity index (χ2n) is 5.62. The van der Waals surface area contributed by atoms with Gasteiger partial charge < -0.3 is 15.6 Å². The minimum absolute atomic E-state index is 0.0497.